The summed E-state index contributed by atoms with van der Waals surface area (Å²) in [5.41, 5.74) is 0.222. The molecule has 6 nitrogen and oxygen atoms in total. The highest BCUT2D eigenvalue weighted by molar-refractivity contribution is 6.09. The summed E-state index contributed by atoms with van der Waals surface area (Å²) < 4.78 is 11.5. The molecule has 1 unspecified atom stereocenters. The second-order valence-corrected chi connectivity index (χ2v) is 7.50. The van der Waals surface area contributed by atoms with Gasteiger partial charge in [0.2, 0.25) is 5.91 Å². The van der Waals surface area contributed by atoms with E-state index in [1.165, 1.54) is 0 Å². The van der Waals surface area contributed by atoms with Crippen LogP contribution in [0.4, 0.5) is 0 Å². The Morgan fingerprint density at radius 1 is 1.23 bits per heavy atom. The van der Waals surface area contributed by atoms with Crippen molar-refractivity contribution in [3.8, 4) is 6.07 Å². The fourth-order valence-corrected chi connectivity index (χ4v) is 3.77. The lowest BCUT2D eigenvalue weighted by Gasteiger charge is -2.26. The van der Waals surface area contributed by atoms with Gasteiger partial charge in [0, 0.05) is 17.6 Å². The first-order valence-electron chi connectivity index (χ1n) is 10.1. The van der Waals surface area contributed by atoms with Crippen LogP contribution in [0.2, 0.25) is 0 Å². The fourth-order valence-electron chi connectivity index (χ4n) is 3.77. The minimum Gasteiger partial charge on any atom is -0.494 e. The van der Waals surface area contributed by atoms with Crippen molar-refractivity contribution < 1.29 is 19.1 Å². The molecular formula is C24H26N2O4. The Hall–Kier alpha value is -3.17. The zero-order valence-electron chi connectivity index (χ0n) is 16.9. The van der Waals surface area contributed by atoms with Crippen LogP contribution >= 0.6 is 0 Å². The van der Waals surface area contributed by atoms with Gasteiger partial charge in [-0.3, -0.25) is 9.59 Å². The number of Topliss-reactive ketones (excluding diaryl/α,β-unsaturated/α-hetero) is 1. The number of amides is 1. The first-order valence-corrected chi connectivity index (χ1v) is 10.1. The Kier molecular flexibility index (Phi) is 7.21. The number of allylic oxidation sites excluding steroid dienone is 2. The van der Waals surface area contributed by atoms with E-state index in [1.54, 1.807) is 42.5 Å². The number of carbonyl (C=O) groups is 2. The van der Waals surface area contributed by atoms with Crippen LogP contribution in [0.3, 0.4) is 0 Å². The highest BCUT2D eigenvalue weighted by atomic mass is 16.5. The summed E-state index contributed by atoms with van der Waals surface area (Å²) in [5.74, 6) is 0.159. The van der Waals surface area contributed by atoms with E-state index in [0.29, 0.717) is 42.8 Å². The maximum absolute atomic E-state index is 13.0. The predicted octanol–water partition coefficient (Wildman–Crippen LogP) is 3.62. The molecule has 0 aliphatic heterocycles. The van der Waals surface area contributed by atoms with Crippen LogP contribution in [0, 0.1) is 11.3 Å². The summed E-state index contributed by atoms with van der Waals surface area (Å²) in [6.45, 7) is 3.75. The number of benzene rings is 1. The van der Waals surface area contributed by atoms with Crippen molar-refractivity contribution in [3.63, 3.8) is 0 Å². The van der Waals surface area contributed by atoms with Gasteiger partial charge < -0.3 is 14.8 Å². The van der Waals surface area contributed by atoms with Crippen molar-refractivity contribution in [1.82, 2.24) is 5.32 Å². The van der Waals surface area contributed by atoms with Crippen molar-refractivity contribution in [2.45, 2.75) is 43.7 Å². The van der Waals surface area contributed by atoms with E-state index in [9.17, 15) is 14.9 Å². The second-order valence-electron chi connectivity index (χ2n) is 7.50. The van der Waals surface area contributed by atoms with Crippen molar-refractivity contribution in [3.05, 3.63) is 72.0 Å². The van der Waals surface area contributed by atoms with Gasteiger partial charge in [-0.2, -0.15) is 5.26 Å². The Balaban J connectivity index is 1.70. The second kappa shape index (κ2) is 10.0. The van der Waals surface area contributed by atoms with Gasteiger partial charge in [-0.1, -0.05) is 43.0 Å². The topological polar surface area (TPSA) is 88.4 Å². The Labute approximate surface area is 176 Å². The normalized spacial score (nSPS) is 19.8. The molecule has 156 valence electrons. The monoisotopic (exact) mass is 406 g/mol. The van der Waals surface area contributed by atoms with Crippen LogP contribution in [-0.2, 0) is 14.3 Å². The van der Waals surface area contributed by atoms with E-state index in [2.05, 4.69) is 18.0 Å². The van der Waals surface area contributed by atoms with E-state index in [1.807, 2.05) is 6.07 Å². The highest BCUT2D eigenvalue weighted by Crippen LogP contribution is 2.29. The number of carbonyl (C=O) groups excluding carboxylic acids is 2. The largest absolute Gasteiger partial charge is 0.494 e. The number of hydrogen-bond acceptors (Lipinski definition) is 5. The van der Waals surface area contributed by atoms with E-state index < -0.39 is 11.6 Å². The Bertz CT molecular complexity index is 890. The molecule has 1 N–H and O–H groups in total. The number of nitrogens with zero attached hydrogens (tertiary/aromatic N) is 1. The van der Waals surface area contributed by atoms with Gasteiger partial charge in [-0.05, 0) is 37.8 Å². The van der Waals surface area contributed by atoms with E-state index in [-0.39, 0.29) is 18.3 Å². The zero-order valence-corrected chi connectivity index (χ0v) is 16.9. The highest BCUT2D eigenvalue weighted by Gasteiger charge is 2.36. The molecule has 0 radical (unpaired) electrons. The van der Waals surface area contributed by atoms with Gasteiger partial charge >= 0.3 is 0 Å². The number of rotatable bonds is 9. The average molecular weight is 406 g/mol. The van der Waals surface area contributed by atoms with Gasteiger partial charge in [0.25, 0.3) is 0 Å². The third-order valence-electron chi connectivity index (χ3n) is 5.33. The first kappa shape index (κ1) is 21.5. The average Bonchev–Trinajstić information content (AvgIpc) is 3.25. The maximum atomic E-state index is 13.0. The molecule has 0 saturated heterocycles. The SMILES string of the molecule is C=CCOC1=CC=C(C(=O)c2ccccc2)C(OCC(=O)NC2(C#N)CCCC2)C1. The van der Waals surface area contributed by atoms with Crippen LogP contribution < -0.4 is 5.32 Å². The van der Waals surface area contributed by atoms with Crippen LogP contribution in [0.5, 0.6) is 0 Å². The molecule has 1 amide bonds. The van der Waals surface area contributed by atoms with Crippen molar-refractivity contribution >= 4 is 11.7 Å². The van der Waals surface area contributed by atoms with Gasteiger partial charge in [0.1, 0.15) is 18.8 Å². The molecule has 3 rings (SSSR count). The van der Waals surface area contributed by atoms with Crippen LogP contribution in [0.1, 0.15) is 42.5 Å². The summed E-state index contributed by atoms with van der Waals surface area (Å²) in [5, 5.41) is 12.3. The molecule has 30 heavy (non-hydrogen) atoms. The van der Waals surface area contributed by atoms with Gasteiger partial charge in [0.15, 0.2) is 5.78 Å². The molecule has 0 heterocycles. The molecule has 1 fully saturated rings. The summed E-state index contributed by atoms with van der Waals surface area (Å²) in [6.07, 6.45) is 7.95. The molecular weight excluding hydrogens is 380 g/mol. The van der Waals surface area contributed by atoms with Crippen LogP contribution in [0.15, 0.2) is 66.5 Å². The van der Waals surface area contributed by atoms with Crippen molar-refractivity contribution in [2.24, 2.45) is 0 Å². The van der Waals surface area contributed by atoms with Gasteiger partial charge in [0.05, 0.1) is 17.9 Å². The van der Waals surface area contributed by atoms with E-state index in [0.717, 1.165) is 12.8 Å². The molecule has 6 heteroatoms. The number of ether oxygens (including phenoxy) is 2. The Morgan fingerprint density at radius 3 is 2.63 bits per heavy atom. The molecule has 0 aromatic heterocycles. The molecule has 1 aromatic rings. The first-order chi connectivity index (χ1) is 14.6. The van der Waals surface area contributed by atoms with E-state index >= 15 is 0 Å². The van der Waals surface area contributed by atoms with Crippen LogP contribution in [-0.4, -0.2) is 36.5 Å². The van der Waals surface area contributed by atoms with Gasteiger partial charge in [-0.25, -0.2) is 0 Å². The van der Waals surface area contributed by atoms with Crippen LogP contribution in [0.25, 0.3) is 0 Å². The number of nitrogens with one attached hydrogen (secondary N) is 1. The minimum absolute atomic E-state index is 0.149. The Morgan fingerprint density at radius 2 is 1.97 bits per heavy atom. The summed E-state index contributed by atoms with van der Waals surface area (Å²) in [7, 11) is 0. The van der Waals surface area contributed by atoms with Crippen molar-refractivity contribution in [2.75, 3.05) is 13.2 Å². The summed E-state index contributed by atoms with van der Waals surface area (Å²) in [6, 6.07) is 11.2. The van der Waals surface area contributed by atoms with Crippen molar-refractivity contribution in [1.29, 1.82) is 5.26 Å². The molecule has 1 saturated carbocycles. The smallest absolute Gasteiger partial charge is 0.247 e. The summed E-state index contributed by atoms with van der Waals surface area (Å²) >= 11 is 0. The molecule has 2 aliphatic carbocycles. The number of nitriles is 1. The maximum Gasteiger partial charge on any atom is 0.247 e. The number of ketones is 1. The lowest BCUT2D eigenvalue weighted by atomic mass is 9.93. The lowest BCUT2D eigenvalue weighted by Crippen LogP contribution is -2.47. The zero-order chi connectivity index (χ0) is 21.4. The predicted molar refractivity (Wildman–Crippen MR) is 112 cm³/mol. The molecule has 0 bridgehead atoms. The third-order valence-corrected chi connectivity index (χ3v) is 5.33. The fraction of sp³-hybridized carbons (Fsp3) is 0.375. The standard InChI is InChI=1S/C24H26N2O4/c1-2-14-29-19-10-11-20(23(28)18-8-4-3-5-9-18)21(15-19)30-16-22(27)26-24(17-25)12-6-7-13-24/h2-5,8-11,21H,1,6-7,12-16H2,(H,26,27). The lowest BCUT2D eigenvalue weighted by molar-refractivity contribution is -0.128. The van der Waals surface area contributed by atoms with Gasteiger partial charge in [-0.15, -0.1) is 0 Å². The number of hydrogen-bond donors (Lipinski definition) is 1. The molecule has 1 aromatic carbocycles. The molecule has 1 atom stereocenters. The third kappa shape index (κ3) is 5.25. The quantitative estimate of drug-likeness (QED) is 0.500. The molecule has 2 aliphatic rings. The molecule has 0 spiro atoms. The van der Waals surface area contributed by atoms with E-state index in [4.69, 9.17) is 9.47 Å². The minimum atomic E-state index is -0.802. The summed E-state index contributed by atoms with van der Waals surface area (Å²) in [4.78, 5) is 25.4.